The van der Waals surface area contributed by atoms with E-state index < -0.39 is 8.80 Å². The molecule has 0 saturated heterocycles. The van der Waals surface area contributed by atoms with Crippen LogP contribution in [0.5, 0.6) is 0 Å². The molecule has 0 radical (unpaired) electrons. The van der Waals surface area contributed by atoms with E-state index in [9.17, 15) is 0 Å². The molecule has 0 aliphatic carbocycles. The summed E-state index contributed by atoms with van der Waals surface area (Å²) in [5, 5.41) is 0. The van der Waals surface area contributed by atoms with Crippen LogP contribution in [-0.2, 0) is 18.0 Å². The molecule has 23 heavy (non-hydrogen) atoms. The van der Waals surface area contributed by atoms with Crippen LogP contribution in [0.15, 0.2) is 30.3 Å². The highest BCUT2D eigenvalue weighted by Crippen LogP contribution is 2.33. The van der Waals surface area contributed by atoms with E-state index in [0.29, 0.717) is 25.9 Å². The van der Waals surface area contributed by atoms with Crippen molar-refractivity contribution in [1.82, 2.24) is 0 Å². The van der Waals surface area contributed by atoms with Crippen molar-refractivity contribution in [2.24, 2.45) is 0 Å². The molecule has 5 heteroatoms. The van der Waals surface area contributed by atoms with Crippen LogP contribution in [0.1, 0.15) is 53.2 Å². The lowest BCUT2D eigenvalue weighted by Gasteiger charge is -2.34. The summed E-state index contributed by atoms with van der Waals surface area (Å²) in [4.78, 5) is 0. The quantitative estimate of drug-likeness (QED) is 0.584. The molecule has 0 spiro atoms. The molecule has 1 aromatic rings. The van der Waals surface area contributed by atoms with Crippen LogP contribution in [0.3, 0.4) is 0 Å². The van der Waals surface area contributed by atoms with E-state index in [-0.39, 0.29) is 11.7 Å². The lowest BCUT2D eigenvalue weighted by Crippen LogP contribution is -2.48. The standard InChI is InChI=1S/C18H32O4Si/c1-7-19-23(20-8-2,21-9-3)15-17(22-18(4,5)6)16-13-11-10-12-14-16/h10-14,17H,7-9,15H2,1-6H3. The Labute approximate surface area is 142 Å². The fourth-order valence-electron chi connectivity index (χ4n) is 2.51. The van der Waals surface area contributed by atoms with Gasteiger partial charge in [0.25, 0.3) is 0 Å². The van der Waals surface area contributed by atoms with E-state index in [1.165, 1.54) is 0 Å². The van der Waals surface area contributed by atoms with Crippen molar-refractivity contribution in [2.45, 2.75) is 59.3 Å². The number of benzene rings is 1. The van der Waals surface area contributed by atoms with E-state index in [1.54, 1.807) is 0 Å². The van der Waals surface area contributed by atoms with Gasteiger partial charge in [-0.15, -0.1) is 0 Å². The number of hydrogen-bond acceptors (Lipinski definition) is 4. The van der Waals surface area contributed by atoms with Crippen LogP contribution < -0.4 is 0 Å². The predicted molar refractivity (Wildman–Crippen MR) is 95.5 cm³/mol. The Hall–Kier alpha value is -0.723. The first-order valence-corrected chi connectivity index (χ1v) is 10.4. The Morgan fingerprint density at radius 1 is 0.870 bits per heavy atom. The van der Waals surface area contributed by atoms with Crippen LogP contribution in [0, 0.1) is 0 Å². The fourth-order valence-corrected chi connectivity index (χ4v) is 5.21. The van der Waals surface area contributed by atoms with E-state index in [0.717, 1.165) is 5.56 Å². The van der Waals surface area contributed by atoms with Gasteiger partial charge in [-0.25, -0.2) is 0 Å². The summed E-state index contributed by atoms with van der Waals surface area (Å²) >= 11 is 0. The van der Waals surface area contributed by atoms with E-state index >= 15 is 0 Å². The predicted octanol–water partition coefficient (Wildman–Crippen LogP) is 4.59. The molecule has 1 atom stereocenters. The van der Waals surface area contributed by atoms with Gasteiger partial charge in [0, 0.05) is 25.9 Å². The first-order chi connectivity index (χ1) is 10.9. The molecular formula is C18H32O4Si. The normalized spacial score (nSPS) is 14.0. The Morgan fingerprint density at radius 3 is 1.74 bits per heavy atom. The van der Waals surface area contributed by atoms with Crippen LogP contribution in [0.25, 0.3) is 0 Å². The highest BCUT2D eigenvalue weighted by Gasteiger charge is 2.44. The maximum Gasteiger partial charge on any atom is 0.503 e. The fraction of sp³-hybridized carbons (Fsp3) is 0.667. The van der Waals surface area contributed by atoms with Gasteiger partial charge in [-0.3, -0.25) is 0 Å². The molecule has 0 amide bonds. The molecule has 0 saturated carbocycles. The molecule has 0 aliphatic rings. The maximum absolute atomic E-state index is 6.31. The maximum atomic E-state index is 6.31. The van der Waals surface area contributed by atoms with Crippen molar-refractivity contribution in [3.8, 4) is 0 Å². The average molecular weight is 341 g/mol. The molecule has 1 unspecified atom stereocenters. The molecule has 132 valence electrons. The zero-order valence-corrected chi connectivity index (χ0v) is 16.4. The highest BCUT2D eigenvalue weighted by molar-refractivity contribution is 6.60. The largest absolute Gasteiger partial charge is 0.503 e. The van der Waals surface area contributed by atoms with Gasteiger partial charge < -0.3 is 18.0 Å². The highest BCUT2D eigenvalue weighted by atomic mass is 28.4. The SMILES string of the molecule is CCO[Si](CC(OC(C)(C)C)c1ccccc1)(OCC)OCC. The third kappa shape index (κ3) is 7.14. The monoisotopic (exact) mass is 340 g/mol. The summed E-state index contributed by atoms with van der Waals surface area (Å²) in [5.74, 6) is 0. The van der Waals surface area contributed by atoms with Gasteiger partial charge in [0.05, 0.1) is 11.7 Å². The third-order valence-electron chi connectivity index (χ3n) is 3.20. The summed E-state index contributed by atoms with van der Waals surface area (Å²) in [7, 11) is -2.77. The lowest BCUT2D eigenvalue weighted by atomic mass is 10.1. The van der Waals surface area contributed by atoms with E-state index in [2.05, 4.69) is 32.9 Å². The Balaban J connectivity index is 3.08. The number of hydrogen-bond donors (Lipinski definition) is 0. The van der Waals surface area contributed by atoms with Crippen molar-refractivity contribution >= 4 is 8.80 Å². The van der Waals surface area contributed by atoms with Crippen molar-refractivity contribution < 1.29 is 18.0 Å². The van der Waals surface area contributed by atoms with Gasteiger partial charge in [-0.05, 0) is 47.1 Å². The second-order valence-corrected chi connectivity index (χ2v) is 8.96. The zero-order chi connectivity index (χ0) is 17.3. The lowest BCUT2D eigenvalue weighted by molar-refractivity contribution is -0.0625. The number of rotatable bonds is 10. The van der Waals surface area contributed by atoms with E-state index in [1.807, 2.05) is 39.0 Å². The van der Waals surface area contributed by atoms with Gasteiger partial charge in [0.15, 0.2) is 0 Å². The summed E-state index contributed by atoms with van der Waals surface area (Å²) in [6.07, 6.45) is -0.118. The molecule has 0 bridgehead atoms. The van der Waals surface area contributed by atoms with Gasteiger partial charge >= 0.3 is 8.80 Å². The molecule has 1 rings (SSSR count). The minimum absolute atomic E-state index is 0.118. The van der Waals surface area contributed by atoms with Crippen LogP contribution in [0.4, 0.5) is 0 Å². The van der Waals surface area contributed by atoms with Gasteiger partial charge in [-0.2, -0.15) is 0 Å². The zero-order valence-electron chi connectivity index (χ0n) is 15.4. The van der Waals surface area contributed by atoms with Gasteiger partial charge in [0.1, 0.15) is 0 Å². The van der Waals surface area contributed by atoms with Crippen LogP contribution in [-0.4, -0.2) is 34.2 Å². The topological polar surface area (TPSA) is 36.9 Å². The number of ether oxygens (including phenoxy) is 1. The summed E-state index contributed by atoms with van der Waals surface area (Å²) in [6.45, 7) is 13.8. The van der Waals surface area contributed by atoms with Crippen molar-refractivity contribution in [3.63, 3.8) is 0 Å². The van der Waals surface area contributed by atoms with E-state index in [4.69, 9.17) is 18.0 Å². The Bertz CT molecular complexity index is 413. The summed E-state index contributed by atoms with van der Waals surface area (Å²) in [6, 6.07) is 10.8. The van der Waals surface area contributed by atoms with Crippen molar-refractivity contribution in [1.29, 1.82) is 0 Å². The molecule has 0 aliphatic heterocycles. The average Bonchev–Trinajstić information content (AvgIpc) is 2.47. The van der Waals surface area contributed by atoms with Crippen molar-refractivity contribution in [2.75, 3.05) is 19.8 Å². The first kappa shape index (κ1) is 20.3. The molecule has 1 aromatic carbocycles. The van der Waals surface area contributed by atoms with Crippen LogP contribution >= 0.6 is 0 Å². The molecular weight excluding hydrogens is 308 g/mol. The summed E-state index contributed by atoms with van der Waals surface area (Å²) in [5.41, 5.74) is 0.865. The molecule has 4 nitrogen and oxygen atoms in total. The smallest absolute Gasteiger partial charge is 0.374 e. The molecule has 0 heterocycles. The Kier molecular flexibility index (Phi) is 8.43. The van der Waals surface area contributed by atoms with Gasteiger partial charge in [0.2, 0.25) is 0 Å². The van der Waals surface area contributed by atoms with Gasteiger partial charge in [-0.1, -0.05) is 30.3 Å². The van der Waals surface area contributed by atoms with Crippen LogP contribution in [0.2, 0.25) is 6.04 Å². The van der Waals surface area contributed by atoms with Crippen molar-refractivity contribution in [3.05, 3.63) is 35.9 Å². The first-order valence-electron chi connectivity index (χ1n) is 8.50. The molecule has 0 fully saturated rings. The molecule has 0 aromatic heterocycles. The minimum atomic E-state index is -2.77. The second kappa shape index (κ2) is 9.54. The Morgan fingerprint density at radius 2 is 1.35 bits per heavy atom. The molecule has 0 N–H and O–H groups in total. The second-order valence-electron chi connectivity index (χ2n) is 6.32. The third-order valence-corrected chi connectivity index (χ3v) is 6.25. The summed E-state index contributed by atoms with van der Waals surface area (Å²) < 4.78 is 24.3. The minimum Gasteiger partial charge on any atom is -0.374 e.